The molecule has 1 atom stereocenters. The van der Waals surface area contributed by atoms with E-state index in [0.29, 0.717) is 6.42 Å². The molecule has 1 N–H and O–H groups in total. The number of hydrogen-bond donors (Lipinski definition) is 1. The standard InChI is InChI=1S/C13H14F2N2O2/c1-3-10-13(19)16-6-12(18)17(10)11-5-8(14)7(2)4-9(11)15/h4-5,10H,3,6H2,1-2H3,(H,16,19). The lowest BCUT2D eigenvalue weighted by Crippen LogP contribution is -2.58. The summed E-state index contributed by atoms with van der Waals surface area (Å²) in [4.78, 5) is 24.6. The smallest absolute Gasteiger partial charge is 0.247 e. The van der Waals surface area contributed by atoms with Crippen LogP contribution in [0.3, 0.4) is 0 Å². The fourth-order valence-electron chi connectivity index (χ4n) is 2.15. The fourth-order valence-corrected chi connectivity index (χ4v) is 2.15. The number of carbonyl (C=O) groups is 2. The number of rotatable bonds is 2. The number of hydrogen-bond acceptors (Lipinski definition) is 2. The van der Waals surface area contributed by atoms with Gasteiger partial charge in [-0.05, 0) is 25.0 Å². The molecule has 1 heterocycles. The number of carbonyl (C=O) groups excluding carboxylic acids is 2. The van der Waals surface area contributed by atoms with Crippen molar-refractivity contribution in [2.45, 2.75) is 26.3 Å². The molecule has 0 saturated carbocycles. The highest BCUT2D eigenvalue weighted by molar-refractivity contribution is 6.06. The summed E-state index contributed by atoms with van der Waals surface area (Å²) in [5.74, 6) is -2.12. The molecule has 6 heteroatoms. The first kappa shape index (κ1) is 13.5. The molecular formula is C13H14F2N2O2. The summed E-state index contributed by atoms with van der Waals surface area (Å²) in [6.45, 7) is 2.94. The van der Waals surface area contributed by atoms with E-state index in [2.05, 4.69) is 5.32 Å². The van der Waals surface area contributed by atoms with Crippen LogP contribution in [0.5, 0.6) is 0 Å². The van der Waals surface area contributed by atoms with Gasteiger partial charge in [-0.25, -0.2) is 8.78 Å². The van der Waals surface area contributed by atoms with Crippen molar-refractivity contribution in [2.24, 2.45) is 0 Å². The highest BCUT2D eigenvalue weighted by Gasteiger charge is 2.35. The molecule has 1 saturated heterocycles. The maximum absolute atomic E-state index is 13.9. The van der Waals surface area contributed by atoms with Crippen LogP contribution in [0.2, 0.25) is 0 Å². The van der Waals surface area contributed by atoms with Crippen molar-refractivity contribution in [1.29, 1.82) is 0 Å². The first-order valence-corrected chi connectivity index (χ1v) is 6.01. The molecule has 1 aromatic carbocycles. The van der Waals surface area contributed by atoms with Gasteiger partial charge in [-0.15, -0.1) is 0 Å². The second-order valence-electron chi connectivity index (χ2n) is 4.46. The van der Waals surface area contributed by atoms with E-state index in [1.165, 1.54) is 6.92 Å². The summed E-state index contributed by atoms with van der Waals surface area (Å²) in [6.07, 6.45) is 0.326. The molecule has 4 nitrogen and oxygen atoms in total. The minimum atomic E-state index is -0.808. The zero-order valence-electron chi connectivity index (χ0n) is 10.7. The Morgan fingerprint density at radius 2 is 2.00 bits per heavy atom. The second-order valence-corrected chi connectivity index (χ2v) is 4.46. The monoisotopic (exact) mass is 268 g/mol. The van der Waals surface area contributed by atoms with Crippen LogP contribution in [0, 0.1) is 18.6 Å². The number of piperazine rings is 1. The molecule has 2 amide bonds. The quantitative estimate of drug-likeness (QED) is 0.884. The molecule has 0 spiro atoms. The topological polar surface area (TPSA) is 49.4 Å². The van der Waals surface area contributed by atoms with Crippen LogP contribution in [0.1, 0.15) is 18.9 Å². The fraction of sp³-hybridized carbons (Fsp3) is 0.385. The molecule has 0 bridgehead atoms. The molecule has 0 aromatic heterocycles. The van der Waals surface area contributed by atoms with E-state index in [1.54, 1.807) is 6.92 Å². The second kappa shape index (κ2) is 4.95. The van der Waals surface area contributed by atoms with Gasteiger partial charge in [-0.1, -0.05) is 6.92 Å². The summed E-state index contributed by atoms with van der Waals surface area (Å²) in [6, 6.07) is 1.18. The summed E-state index contributed by atoms with van der Waals surface area (Å²) in [5.41, 5.74) is -0.0296. The van der Waals surface area contributed by atoms with E-state index < -0.39 is 23.6 Å². The summed E-state index contributed by atoms with van der Waals surface area (Å²) in [5, 5.41) is 2.43. The first-order valence-electron chi connectivity index (χ1n) is 6.01. The van der Waals surface area contributed by atoms with Crippen molar-refractivity contribution < 1.29 is 18.4 Å². The summed E-state index contributed by atoms with van der Waals surface area (Å²) < 4.78 is 27.5. The van der Waals surface area contributed by atoms with Crippen LogP contribution in [-0.2, 0) is 9.59 Å². The SMILES string of the molecule is CCC1C(=O)NCC(=O)N1c1cc(F)c(C)cc1F. The van der Waals surface area contributed by atoms with Gasteiger partial charge in [0.2, 0.25) is 11.8 Å². The van der Waals surface area contributed by atoms with Gasteiger partial charge >= 0.3 is 0 Å². The van der Waals surface area contributed by atoms with Gasteiger partial charge in [0.05, 0.1) is 12.2 Å². The Morgan fingerprint density at radius 1 is 1.32 bits per heavy atom. The van der Waals surface area contributed by atoms with Crippen LogP contribution < -0.4 is 10.2 Å². The Hall–Kier alpha value is -1.98. The highest BCUT2D eigenvalue weighted by Crippen LogP contribution is 2.27. The number of aryl methyl sites for hydroxylation is 1. The number of amides is 2. The van der Waals surface area contributed by atoms with Gasteiger partial charge in [-0.2, -0.15) is 0 Å². The normalized spacial score (nSPS) is 19.6. The molecule has 1 fully saturated rings. The summed E-state index contributed by atoms with van der Waals surface area (Å²) >= 11 is 0. The minimum absolute atomic E-state index is 0.156. The maximum atomic E-state index is 13.9. The molecular weight excluding hydrogens is 254 g/mol. The number of benzene rings is 1. The molecule has 0 aliphatic carbocycles. The predicted molar refractivity (Wildman–Crippen MR) is 65.7 cm³/mol. The van der Waals surface area contributed by atoms with Gasteiger partial charge in [0.1, 0.15) is 17.7 Å². The summed E-state index contributed by atoms with van der Waals surface area (Å²) in [7, 11) is 0. The van der Waals surface area contributed by atoms with Gasteiger partial charge in [0.15, 0.2) is 0 Å². The molecule has 102 valence electrons. The van der Waals surface area contributed by atoms with Crippen molar-refractivity contribution in [1.82, 2.24) is 5.32 Å². The lowest BCUT2D eigenvalue weighted by molar-refractivity contribution is -0.131. The third-order valence-electron chi connectivity index (χ3n) is 3.17. The van der Waals surface area contributed by atoms with Crippen LogP contribution in [0.25, 0.3) is 0 Å². The van der Waals surface area contributed by atoms with E-state index in [1.807, 2.05) is 0 Å². The van der Waals surface area contributed by atoms with E-state index in [-0.39, 0.29) is 23.7 Å². The van der Waals surface area contributed by atoms with Crippen LogP contribution in [0.15, 0.2) is 12.1 Å². The number of anilines is 1. The Kier molecular flexibility index (Phi) is 3.50. The van der Waals surface area contributed by atoms with Gasteiger partial charge in [0.25, 0.3) is 0 Å². The Labute approximate surface area is 109 Å². The number of nitrogens with one attached hydrogen (secondary N) is 1. The maximum Gasteiger partial charge on any atom is 0.247 e. The van der Waals surface area contributed by atoms with Gasteiger partial charge in [-0.3, -0.25) is 14.5 Å². The van der Waals surface area contributed by atoms with Crippen molar-refractivity contribution in [2.75, 3.05) is 11.4 Å². The third kappa shape index (κ3) is 2.30. The van der Waals surface area contributed by atoms with E-state index in [0.717, 1.165) is 17.0 Å². The molecule has 1 aliphatic heterocycles. The van der Waals surface area contributed by atoms with Crippen LogP contribution >= 0.6 is 0 Å². The Bertz CT molecular complexity index is 546. The average Bonchev–Trinajstić information content (AvgIpc) is 2.36. The molecule has 2 rings (SSSR count). The average molecular weight is 268 g/mol. The Balaban J connectivity index is 2.51. The molecule has 1 aromatic rings. The largest absolute Gasteiger partial charge is 0.345 e. The van der Waals surface area contributed by atoms with Gasteiger partial charge < -0.3 is 5.32 Å². The third-order valence-corrected chi connectivity index (χ3v) is 3.17. The number of nitrogens with zero attached hydrogens (tertiary/aromatic N) is 1. The van der Waals surface area contributed by atoms with Gasteiger partial charge in [0, 0.05) is 6.07 Å². The lowest BCUT2D eigenvalue weighted by atomic mass is 10.1. The van der Waals surface area contributed by atoms with E-state index in [9.17, 15) is 18.4 Å². The lowest BCUT2D eigenvalue weighted by Gasteiger charge is -2.34. The predicted octanol–water partition coefficient (Wildman–Crippen LogP) is 1.51. The zero-order valence-corrected chi connectivity index (χ0v) is 10.7. The van der Waals surface area contributed by atoms with Crippen LogP contribution in [-0.4, -0.2) is 24.4 Å². The minimum Gasteiger partial charge on any atom is -0.345 e. The Morgan fingerprint density at radius 3 is 2.63 bits per heavy atom. The van der Waals surface area contributed by atoms with Crippen molar-refractivity contribution in [3.05, 3.63) is 29.3 Å². The molecule has 1 unspecified atom stereocenters. The molecule has 1 aliphatic rings. The van der Waals surface area contributed by atoms with E-state index in [4.69, 9.17) is 0 Å². The van der Waals surface area contributed by atoms with Crippen LogP contribution in [0.4, 0.5) is 14.5 Å². The first-order chi connectivity index (χ1) is 8.95. The van der Waals surface area contributed by atoms with Crippen molar-refractivity contribution in [3.63, 3.8) is 0 Å². The number of halogens is 2. The molecule has 19 heavy (non-hydrogen) atoms. The van der Waals surface area contributed by atoms with Crippen molar-refractivity contribution >= 4 is 17.5 Å². The highest BCUT2D eigenvalue weighted by atomic mass is 19.1. The van der Waals surface area contributed by atoms with E-state index >= 15 is 0 Å². The molecule has 0 radical (unpaired) electrons. The zero-order chi connectivity index (χ0) is 14.2. The van der Waals surface area contributed by atoms with Crippen molar-refractivity contribution in [3.8, 4) is 0 Å².